The molecule has 6 aromatic heterocycles. The van der Waals surface area contributed by atoms with Crippen LogP contribution in [0.5, 0.6) is 0 Å². The van der Waals surface area contributed by atoms with Gasteiger partial charge in [0.05, 0.1) is 50.6 Å². The summed E-state index contributed by atoms with van der Waals surface area (Å²) >= 11 is 3.21. The van der Waals surface area contributed by atoms with Gasteiger partial charge in [0.2, 0.25) is 0 Å². The van der Waals surface area contributed by atoms with Gasteiger partial charge < -0.3 is 14.9 Å². The van der Waals surface area contributed by atoms with E-state index < -0.39 is 0 Å². The van der Waals surface area contributed by atoms with Gasteiger partial charge in [-0.1, -0.05) is 60.7 Å². The molecule has 9 aromatic rings. The molecule has 244 valence electrons. The van der Waals surface area contributed by atoms with Crippen molar-refractivity contribution >= 4 is 48.9 Å². The second-order valence-electron chi connectivity index (χ2n) is 11.5. The van der Waals surface area contributed by atoms with E-state index in [2.05, 4.69) is 72.0 Å². The van der Waals surface area contributed by atoms with E-state index in [1.807, 2.05) is 54.5 Å². The molecule has 0 atom stereocenters. The first kappa shape index (κ1) is 31.2. The van der Waals surface area contributed by atoms with Gasteiger partial charge in [0.1, 0.15) is 34.0 Å². The van der Waals surface area contributed by atoms with Crippen molar-refractivity contribution in [3.05, 3.63) is 140 Å². The van der Waals surface area contributed by atoms with Crippen LogP contribution in [0.25, 0.3) is 64.1 Å². The van der Waals surface area contributed by atoms with Crippen LogP contribution < -0.4 is 5.73 Å². The predicted octanol–water partition coefficient (Wildman–Crippen LogP) is 8.75. The van der Waals surface area contributed by atoms with Crippen LogP contribution in [0.3, 0.4) is 0 Å². The van der Waals surface area contributed by atoms with Crippen molar-refractivity contribution in [2.75, 3.05) is 5.73 Å². The summed E-state index contributed by atoms with van der Waals surface area (Å²) in [5.41, 5.74) is 13.0. The van der Waals surface area contributed by atoms with Crippen molar-refractivity contribution in [2.45, 2.75) is 6.54 Å². The summed E-state index contributed by atoms with van der Waals surface area (Å²) in [7, 11) is 1.93. The highest BCUT2D eigenvalue weighted by atomic mass is 32.1. The number of benzene rings is 3. The van der Waals surface area contributed by atoms with Crippen LogP contribution in [0, 0.1) is 5.82 Å². The molecule has 6 heterocycles. The van der Waals surface area contributed by atoms with Gasteiger partial charge >= 0.3 is 0 Å². The predicted molar refractivity (Wildman–Crippen MR) is 199 cm³/mol. The van der Waals surface area contributed by atoms with E-state index in [4.69, 9.17) is 10.7 Å². The number of nitrogen functional groups attached to an aromatic ring is 1. The van der Waals surface area contributed by atoms with Gasteiger partial charge in [-0.2, -0.15) is 0 Å². The third-order valence-electron chi connectivity index (χ3n) is 8.16. The Morgan fingerprint density at radius 2 is 1.34 bits per heavy atom. The first-order valence-corrected chi connectivity index (χ1v) is 17.3. The highest BCUT2D eigenvalue weighted by Crippen LogP contribution is 2.39. The molecular formula is C38H28FN9S2. The zero-order valence-electron chi connectivity index (χ0n) is 26.7. The van der Waals surface area contributed by atoms with Gasteiger partial charge in [-0.25, -0.2) is 34.3 Å². The van der Waals surface area contributed by atoms with Crippen molar-refractivity contribution in [1.29, 1.82) is 0 Å². The average Bonchev–Trinajstić information content (AvgIpc) is 3.95. The summed E-state index contributed by atoms with van der Waals surface area (Å²) in [5, 5.41) is 1.89. The zero-order chi connectivity index (χ0) is 34.0. The van der Waals surface area contributed by atoms with Crippen LogP contribution in [-0.4, -0.2) is 39.0 Å². The first-order valence-electron chi connectivity index (χ1n) is 15.6. The average molecular weight is 694 g/mol. The maximum atomic E-state index is 13.2. The van der Waals surface area contributed by atoms with Crippen LogP contribution in [0.1, 0.15) is 5.56 Å². The summed E-state index contributed by atoms with van der Waals surface area (Å²) in [4.78, 5) is 30.0. The fourth-order valence-corrected chi connectivity index (χ4v) is 7.91. The number of imidazole rings is 2. The second-order valence-corrected chi connectivity index (χ2v) is 13.5. The Labute approximate surface area is 294 Å². The Morgan fingerprint density at radius 3 is 2.10 bits per heavy atom. The molecular weight excluding hydrogens is 666 g/mol. The molecule has 0 bridgehead atoms. The van der Waals surface area contributed by atoms with E-state index in [-0.39, 0.29) is 5.82 Å². The maximum absolute atomic E-state index is 13.2. The summed E-state index contributed by atoms with van der Waals surface area (Å²) in [6.45, 7) is 0.774. The number of rotatable bonds is 6. The number of fused-ring (bicyclic) bond motifs is 2. The molecule has 0 amide bonds. The van der Waals surface area contributed by atoms with Crippen molar-refractivity contribution in [1.82, 2.24) is 39.0 Å². The minimum Gasteiger partial charge on any atom is -0.383 e. The molecule has 50 heavy (non-hydrogen) atoms. The molecule has 0 aliphatic carbocycles. The second kappa shape index (κ2) is 13.4. The molecule has 0 radical (unpaired) electrons. The molecule has 0 aliphatic heterocycles. The maximum Gasteiger partial charge on any atom is 0.135 e. The van der Waals surface area contributed by atoms with Crippen LogP contribution in [0.2, 0.25) is 0 Å². The fraction of sp³-hybridized carbons (Fsp3) is 0.0526. The van der Waals surface area contributed by atoms with Crippen molar-refractivity contribution < 1.29 is 4.39 Å². The number of aromatic nitrogens is 8. The van der Waals surface area contributed by atoms with E-state index in [1.165, 1.54) is 35.4 Å². The summed E-state index contributed by atoms with van der Waals surface area (Å²) < 4.78 is 17.3. The third kappa shape index (κ3) is 6.13. The Kier molecular flexibility index (Phi) is 8.37. The molecule has 9 rings (SSSR count). The largest absolute Gasteiger partial charge is 0.383 e. The molecule has 0 unspecified atom stereocenters. The fourth-order valence-electron chi connectivity index (χ4n) is 5.78. The Balaban J connectivity index is 0.000000146. The standard InChI is InChI=1S/C22H16N4S.C16H12FN5S/c1-3-7-16(8-4-1)13-26-15-25-20(17-9-5-2-6-10-17)21(26)19-11-18-12-23-14-24-22(18)27-19;1-22-8-21-13(9-2-4-10(17)5-3-9)14(22)12-6-11-15(18)19-7-20-16(11)23-12/h1-12,14-15H,13H2;2-8H,1H3,(H2,18,19,20). The minimum atomic E-state index is -0.267. The quantitative estimate of drug-likeness (QED) is 0.185. The van der Waals surface area contributed by atoms with Crippen molar-refractivity contribution in [2.24, 2.45) is 7.05 Å². The Bertz CT molecular complexity index is 2520. The molecule has 0 aliphatic rings. The lowest BCUT2D eigenvalue weighted by molar-refractivity contribution is 0.628. The lowest BCUT2D eigenvalue weighted by Crippen LogP contribution is -2.00. The topological polar surface area (TPSA) is 113 Å². The molecule has 9 nitrogen and oxygen atoms in total. The monoisotopic (exact) mass is 693 g/mol. The van der Waals surface area contributed by atoms with Crippen LogP contribution in [0.15, 0.2) is 129 Å². The van der Waals surface area contributed by atoms with E-state index in [0.717, 1.165) is 70.6 Å². The Hall–Kier alpha value is -6.11. The molecule has 0 saturated carbocycles. The summed E-state index contributed by atoms with van der Waals surface area (Å²) in [6, 6.07) is 31.2. The van der Waals surface area contributed by atoms with E-state index >= 15 is 0 Å². The number of halogens is 1. The molecule has 0 saturated heterocycles. The number of thiophene rings is 2. The normalized spacial score (nSPS) is 11.2. The van der Waals surface area contributed by atoms with Gasteiger partial charge in [-0.3, -0.25) is 0 Å². The van der Waals surface area contributed by atoms with Crippen molar-refractivity contribution in [3.8, 4) is 43.7 Å². The van der Waals surface area contributed by atoms with Gasteiger partial charge in [0.15, 0.2) is 0 Å². The van der Waals surface area contributed by atoms with Crippen LogP contribution in [-0.2, 0) is 13.6 Å². The molecule has 3 aromatic carbocycles. The lowest BCUT2D eigenvalue weighted by Gasteiger charge is -2.09. The van der Waals surface area contributed by atoms with Gasteiger partial charge in [0, 0.05) is 36.3 Å². The third-order valence-corrected chi connectivity index (χ3v) is 10.3. The number of nitrogens with two attached hydrogens (primary N) is 1. The van der Waals surface area contributed by atoms with Gasteiger partial charge in [0.25, 0.3) is 0 Å². The highest BCUT2D eigenvalue weighted by Gasteiger charge is 2.19. The SMILES string of the molecule is Cn1cnc(-c2ccc(F)cc2)c1-c1cc2c(N)ncnc2s1.c1ccc(Cn2cnc(-c3ccccc3)c2-c2cc3cncnc3s2)cc1. The summed E-state index contributed by atoms with van der Waals surface area (Å²) in [5.74, 6) is 0.194. The minimum absolute atomic E-state index is 0.267. The van der Waals surface area contributed by atoms with E-state index in [9.17, 15) is 4.39 Å². The van der Waals surface area contributed by atoms with Crippen LogP contribution >= 0.6 is 22.7 Å². The number of nitrogens with zero attached hydrogens (tertiary/aromatic N) is 8. The number of hydrogen-bond acceptors (Lipinski definition) is 9. The number of aryl methyl sites for hydroxylation is 1. The van der Waals surface area contributed by atoms with Crippen molar-refractivity contribution in [3.63, 3.8) is 0 Å². The smallest absolute Gasteiger partial charge is 0.135 e. The number of hydrogen-bond donors (Lipinski definition) is 1. The highest BCUT2D eigenvalue weighted by molar-refractivity contribution is 7.22. The molecule has 0 spiro atoms. The van der Waals surface area contributed by atoms with Gasteiger partial charge in [-0.05, 0) is 42.0 Å². The molecule has 0 fully saturated rings. The zero-order valence-corrected chi connectivity index (χ0v) is 28.3. The molecule has 2 N–H and O–H groups in total. The first-order chi connectivity index (χ1) is 24.5. The van der Waals surface area contributed by atoms with E-state index in [0.29, 0.717) is 5.82 Å². The molecule has 12 heteroatoms. The van der Waals surface area contributed by atoms with Crippen LogP contribution in [0.4, 0.5) is 10.2 Å². The lowest BCUT2D eigenvalue weighted by atomic mass is 10.1. The Morgan fingerprint density at radius 1 is 0.680 bits per heavy atom. The number of anilines is 1. The van der Waals surface area contributed by atoms with E-state index in [1.54, 1.807) is 36.1 Å². The summed E-state index contributed by atoms with van der Waals surface area (Å²) in [6.07, 6.45) is 8.60. The van der Waals surface area contributed by atoms with Gasteiger partial charge in [-0.15, -0.1) is 22.7 Å².